The van der Waals surface area contributed by atoms with Crippen LogP contribution in [-0.2, 0) is 11.3 Å². The number of halogens is 1. The molecule has 2 heterocycles. The fraction of sp³-hybridized carbons (Fsp3) is 0.348. The first kappa shape index (κ1) is 22.5. The van der Waals surface area contributed by atoms with Gasteiger partial charge >= 0.3 is 0 Å². The molecule has 1 amide bonds. The predicted molar refractivity (Wildman–Crippen MR) is 123 cm³/mol. The number of carbonyl (C=O) groups excluding carboxylic acids is 1. The Kier molecular flexibility index (Phi) is 6.45. The average Bonchev–Trinajstić information content (AvgIpc) is 3.51. The van der Waals surface area contributed by atoms with Crippen molar-refractivity contribution in [2.75, 3.05) is 11.9 Å². The zero-order chi connectivity index (χ0) is 23.5. The molecule has 2 aromatic heterocycles. The number of rotatable bonds is 9. The minimum absolute atomic E-state index is 0.0277. The molecule has 0 spiro atoms. The Hall–Kier alpha value is -3.66. The van der Waals surface area contributed by atoms with Crippen molar-refractivity contribution in [3.8, 4) is 0 Å². The van der Waals surface area contributed by atoms with E-state index in [-0.39, 0.29) is 29.0 Å². The van der Waals surface area contributed by atoms with Gasteiger partial charge in [0, 0.05) is 17.6 Å². The topological polar surface area (TPSA) is 120 Å². The van der Waals surface area contributed by atoms with Gasteiger partial charge in [0.15, 0.2) is 5.84 Å². The van der Waals surface area contributed by atoms with Crippen LogP contribution in [0.4, 0.5) is 10.2 Å². The maximum atomic E-state index is 14.7. The van der Waals surface area contributed by atoms with Gasteiger partial charge in [0.2, 0.25) is 0 Å². The van der Waals surface area contributed by atoms with E-state index in [1.54, 1.807) is 29.1 Å². The van der Waals surface area contributed by atoms with Crippen molar-refractivity contribution in [2.45, 2.75) is 45.4 Å². The molecule has 0 radical (unpaired) electrons. The van der Waals surface area contributed by atoms with Gasteiger partial charge in [-0.25, -0.2) is 9.37 Å². The number of nitrogens with one attached hydrogen (secondary N) is 3. The summed E-state index contributed by atoms with van der Waals surface area (Å²) >= 11 is 0. The molecule has 9 nitrogen and oxygen atoms in total. The number of hydrogen-bond donors (Lipinski definition) is 3. The zero-order valence-corrected chi connectivity index (χ0v) is 18.5. The standard InChI is InChI=1S/C23H26FN7O2/c1-14(2)31(13-25)22(26)19-4-3-5-21(27-19)28-23(32)17-11-20-15(10-18(17)24)12-30(29-20)8-9-33-16-6-7-16/h3-5,10-14,16,25-26H,6-9H2,1-2H3,(H,27,28,32). The van der Waals surface area contributed by atoms with E-state index in [0.29, 0.717) is 30.2 Å². The third-order valence-corrected chi connectivity index (χ3v) is 5.27. The van der Waals surface area contributed by atoms with E-state index in [4.69, 9.17) is 15.6 Å². The number of carbonyl (C=O) groups is 1. The van der Waals surface area contributed by atoms with Gasteiger partial charge in [0.1, 0.15) is 17.3 Å². The lowest BCUT2D eigenvalue weighted by atomic mass is 10.1. The predicted octanol–water partition coefficient (Wildman–Crippen LogP) is 3.64. The van der Waals surface area contributed by atoms with E-state index in [2.05, 4.69) is 15.4 Å². The van der Waals surface area contributed by atoms with Crippen LogP contribution < -0.4 is 5.32 Å². The summed E-state index contributed by atoms with van der Waals surface area (Å²) in [6.45, 7) is 4.80. The van der Waals surface area contributed by atoms with Gasteiger partial charge in [-0.15, -0.1) is 0 Å². The van der Waals surface area contributed by atoms with Crippen molar-refractivity contribution < 1.29 is 13.9 Å². The molecular weight excluding hydrogens is 425 g/mol. The molecule has 1 saturated carbocycles. The second-order valence-electron chi connectivity index (χ2n) is 8.19. The summed E-state index contributed by atoms with van der Waals surface area (Å²) in [6, 6.07) is 7.42. The molecule has 1 aromatic carbocycles. The van der Waals surface area contributed by atoms with Gasteiger partial charge in [-0.05, 0) is 51.0 Å². The van der Waals surface area contributed by atoms with Crippen LogP contribution in [0.1, 0.15) is 42.7 Å². The first-order valence-electron chi connectivity index (χ1n) is 10.8. The molecular formula is C23H26FN7O2. The van der Waals surface area contributed by atoms with Gasteiger partial charge in [0.25, 0.3) is 5.91 Å². The van der Waals surface area contributed by atoms with E-state index in [1.807, 2.05) is 13.8 Å². The monoisotopic (exact) mass is 451 g/mol. The van der Waals surface area contributed by atoms with E-state index in [0.717, 1.165) is 19.2 Å². The Balaban J connectivity index is 1.49. The molecule has 0 unspecified atom stereocenters. The second-order valence-corrected chi connectivity index (χ2v) is 8.19. The van der Waals surface area contributed by atoms with Gasteiger partial charge in [-0.2, -0.15) is 5.10 Å². The normalized spacial score (nSPS) is 13.3. The smallest absolute Gasteiger partial charge is 0.259 e. The van der Waals surface area contributed by atoms with Gasteiger partial charge in [-0.3, -0.25) is 20.3 Å². The molecule has 3 aromatic rings. The number of hydrogen-bond acceptors (Lipinski definition) is 6. The number of pyridine rings is 1. The van der Waals surface area contributed by atoms with Crippen molar-refractivity contribution in [1.29, 1.82) is 10.8 Å². The number of amidine groups is 1. The third-order valence-electron chi connectivity index (χ3n) is 5.27. The van der Waals surface area contributed by atoms with Crippen LogP contribution in [0.25, 0.3) is 10.9 Å². The Bertz CT molecular complexity index is 1200. The van der Waals surface area contributed by atoms with Crippen LogP contribution >= 0.6 is 0 Å². The number of amides is 1. The van der Waals surface area contributed by atoms with Crippen molar-refractivity contribution in [3.63, 3.8) is 0 Å². The number of nitrogens with zero attached hydrogens (tertiary/aromatic N) is 4. The van der Waals surface area contributed by atoms with Crippen molar-refractivity contribution in [1.82, 2.24) is 19.7 Å². The molecule has 4 rings (SSSR count). The molecule has 0 saturated heterocycles. The Morgan fingerprint density at radius 3 is 2.88 bits per heavy atom. The molecule has 1 aliphatic rings. The Morgan fingerprint density at radius 1 is 1.39 bits per heavy atom. The van der Waals surface area contributed by atoms with E-state index < -0.39 is 11.7 Å². The molecule has 3 N–H and O–H groups in total. The highest BCUT2D eigenvalue weighted by Crippen LogP contribution is 2.23. The molecule has 0 bridgehead atoms. The van der Waals surface area contributed by atoms with Gasteiger partial charge < -0.3 is 15.0 Å². The lowest BCUT2D eigenvalue weighted by molar-refractivity contribution is 0.102. The fourth-order valence-corrected chi connectivity index (χ4v) is 3.36. The summed E-state index contributed by atoms with van der Waals surface area (Å²) in [7, 11) is 0. The van der Waals surface area contributed by atoms with Gasteiger partial charge in [0.05, 0.1) is 36.7 Å². The third kappa shape index (κ3) is 5.23. The van der Waals surface area contributed by atoms with Gasteiger partial charge in [-0.1, -0.05) is 6.07 Å². The van der Waals surface area contributed by atoms with Crippen LogP contribution in [0.2, 0.25) is 0 Å². The lowest BCUT2D eigenvalue weighted by Crippen LogP contribution is -2.36. The van der Waals surface area contributed by atoms with Crippen molar-refractivity contribution in [3.05, 3.63) is 53.6 Å². The summed E-state index contributed by atoms with van der Waals surface area (Å²) in [5.41, 5.74) is 0.649. The van der Waals surface area contributed by atoms with Crippen LogP contribution in [0.5, 0.6) is 0 Å². The minimum atomic E-state index is -0.662. The summed E-state index contributed by atoms with van der Waals surface area (Å²) in [6.07, 6.45) is 5.35. The highest BCUT2D eigenvalue weighted by Gasteiger charge is 2.22. The molecule has 1 fully saturated rings. The quantitative estimate of drug-likeness (QED) is 0.339. The van der Waals surface area contributed by atoms with Crippen LogP contribution in [-0.4, -0.2) is 56.5 Å². The Labute approximate surface area is 190 Å². The molecule has 1 aliphatic carbocycles. The lowest BCUT2D eigenvalue weighted by Gasteiger charge is -2.23. The summed E-state index contributed by atoms with van der Waals surface area (Å²) < 4.78 is 22.0. The van der Waals surface area contributed by atoms with E-state index >= 15 is 0 Å². The SMILES string of the molecule is CC(C)N(C=N)C(=N)c1cccc(NC(=O)c2cc3nn(CCOC4CC4)cc3cc2F)n1. The maximum absolute atomic E-state index is 14.7. The summed E-state index contributed by atoms with van der Waals surface area (Å²) in [5.74, 6) is -1.12. The minimum Gasteiger partial charge on any atom is -0.376 e. The first-order chi connectivity index (χ1) is 15.9. The number of anilines is 1. The molecule has 172 valence electrons. The fourth-order valence-electron chi connectivity index (χ4n) is 3.36. The van der Waals surface area contributed by atoms with E-state index in [1.165, 1.54) is 17.0 Å². The van der Waals surface area contributed by atoms with Crippen molar-refractivity contribution >= 4 is 34.8 Å². The highest BCUT2D eigenvalue weighted by molar-refractivity contribution is 6.06. The van der Waals surface area contributed by atoms with Crippen molar-refractivity contribution in [2.24, 2.45) is 0 Å². The Morgan fingerprint density at radius 2 is 2.18 bits per heavy atom. The molecule has 0 atom stereocenters. The maximum Gasteiger partial charge on any atom is 0.259 e. The van der Waals surface area contributed by atoms with Crippen LogP contribution in [0, 0.1) is 16.6 Å². The largest absolute Gasteiger partial charge is 0.376 e. The number of fused-ring (bicyclic) bond motifs is 1. The average molecular weight is 452 g/mol. The zero-order valence-electron chi connectivity index (χ0n) is 18.5. The first-order valence-corrected chi connectivity index (χ1v) is 10.8. The molecule has 10 heteroatoms. The second kappa shape index (κ2) is 9.45. The van der Waals surface area contributed by atoms with E-state index in [9.17, 15) is 9.18 Å². The summed E-state index contributed by atoms with van der Waals surface area (Å²) in [4.78, 5) is 18.5. The number of benzene rings is 1. The highest BCUT2D eigenvalue weighted by atomic mass is 19.1. The number of ether oxygens (including phenoxy) is 1. The summed E-state index contributed by atoms with van der Waals surface area (Å²) in [5, 5.41) is 23.4. The van der Waals surface area contributed by atoms with Crippen LogP contribution in [0.3, 0.4) is 0 Å². The van der Waals surface area contributed by atoms with Crippen LogP contribution in [0.15, 0.2) is 36.5 Å². The molecule has 0 aliphatic heterocycles. The molecule has 33 heavy (non-hydrogen) atoms. The number of aromatic nitrogens is 3.